The van der Waals surface area contributed by atoms with Gasteiger partial charge in [0.15, 0.2) is 5.65 Å². The third kappa shape index (κ3) is 3.34. The second-order valence-corrected chi connectivity index (χ2v) is 8.22. The number of amides is 2. The molecule has 4 heterocycles. The fraction of sp³-hybridized carbons (Fsp3) is 0.304. The van der Waals surface area contributed by atoms with Gasteiger partial charge in [-0.25, -0.2) is 9.50 Å². The number of hydrogen-bond donors (Lipinski definition) is 1. The Morgan fingerprint density at radius 3 is 2.90 bits per heavy atom. The van der Waals surface area contributed by atoms with Gasteiger partial charge in [-0.05, 0) is 24.1 Å². The van der Waals surface area contributed by atoms with Crippen LogP contribution in [0.5, 0.6) is 0 Å². The van der Waals surface area contributed by atoms with E-state index in [0.717, 1.165) is 28.6 Å². The maximum Gasteiger partial charge on any atom is 0.258 e. The van der Waals surface area contributed by atoms with Crippen molar-refractivity contribution < 1.29 is 9.59 Å². The molecule has 1 atom stereocenters. The Bertz CT molecular complexity index is 1290. The summed E-state index contributed by atoms with van der Waals surface area (Å²) in [6.07, 6.45) is 6.45. The number of carbonyl (C=O) groups is 2. The Kier molecular flexibility index (Phi) is 4.69. The van der Waals surface area contributed by atoms with Crippen LogP contribution in [0.25, 0.3) is 16.6 Å². The van der Waals surface area contributed by atoms with Gasteiger partial charge in [-0.2, -0.15) is 5.10 Å². The monoisotopic (exact) mass is 416 g/mol. The molecule has 8 heteroatoms. The lowest BCUT2D eigenvalue weighted by molar-refractivity contribution is -0.129. The SMILES string of the molecule is CN(C)C(=O)c1cnn2c([C@@H]3CCN(C(=O)Cc4c[nH]c5ccccc45)C3)ccnc12. The normalized spacial score (nSPS) is 16.3. The standard InChI is InChI=1S/C23H24N6O2/c1-27(2)23(31)18-13-26-29-20(7-9-24-22(18)29)15-8-10-28(14-15)21(30)11-16-12-25-19-6-4-3-5-17(16)19/h3-7,9,12-13,15,25H,8,10-11,14H2,1-2H3/t15-/m1/s1. The van der Waals surface area contributed by atoms with E-state index in [1.807, 2.05) is 41.4 Å². The molecule has 5 rings (SSSR count). The Morgan fingerprint density at radius 1 is 1.23 bits per heavy atom. The Balaban J connectivity index is 1.35. The number of H-pyrrole nitrogens is 1. The summed E-state index contributed by atoms with van der Waals surface area (Å²) in [5.74, 6) is 0.155. The highest BCUT2D eigenvalue weighted by Crippen LogP contribution is 2.29. The molecule has 0 unspecified atom stereocenters. The van der Waals surface area contributed by atoms with Crippen LogP contribution in [0.4, 0.5) is 0 Å². The van der Waals surface area contributed by atoms with E-state index in [4.69, 9.17) is 0 Å². The minimum Gasteiger partial charge on any atom is -0.361 e. The topological polar surface area (TPSA) is 86.6 Å². The van der Waals surface area contributed by atoms with Gasteiger partial charge in [0.2, 0.25) is 5.91 Å². The zero-order chi connectivity index (χ0) is 21.5. The smallest absolute Gasteiger partial charge is 0.258 e. The zero-order valence-electron chi connectivity index (χ0n) is 17.6. The van der Waals surface area contributed by atoms with Crippen LogP contribution in [-0.4, -0.2) is 68.4 Å². The highest BCUT2D eigenvalue weighted by Gasteiger charge is 2.30. The lowest BCUT2D eigenvalue weighted by Gasteiger charge is -2.17. The van der Waals surface area contributed by atoms with Crippen LogP contribution in [0.3, 0.4) is 0 Å². The Morgan fingerprint density at radius 2 is 2.06 bits per heavy atom. The van der Waals surface area contributed by atoms with Gasteiger partial charge >= 0.3 is 0 Å². The molecule has 31 heavy (non-hydrogen) atoms. The van der Waals surface area contributed by atoms with Crippen molar-refractivity contribution in [2.24, 2.45) is 0 Å². The first-order valence-corrected chi connectivity index (χ1v) is 10.4. The maximum atomic E-state index is 13.0. The van der Waals surface area contributed by atoms with Crippen molar-refractivity contribution in [3.8, 4) is 0 Å². The fourth-order valence-corrected chi connectivity index (χ4v) is 4.39. The molecule has 1 aliphatic rings. The number of hydrogen-bond acceptors (Lipinski definition) is 4. The lowest BCUT2D eigenvalue weighted by Crippen LogP contribution is -2.30. The second kappa shape index (κ2) is 7.54. The van der Waals surface area contributed by atoms with E-state index in [2.05, 4.69) is 15.1 Å². The van der Waals surface area contributed by atoms with Gasteiger partial charge in [0, 0.05) is 56.4 Å². The van der Waals surface area contributed by atoms with Gasteiger partial charge in [-0.15, -0.1) is 0 Å². The molecule has 8 nitrogen and oxygen atoms in total. The minimum atomic E-state index is -0.124. The molecule has 3 aromatic heterocycles. The van der Waals surface area contributed by atoms with Crippen LogP contribution in [0, 0.1) is 0 Å². The van der Waals surface area contributed by atoms with Crippen molar-refractivity contribution in [2.45, 2.75) is 18.8 Å². The highest BCUT2D eigenvalue weighted by atomic mass is 16.2. The average molecular weight is 416 g/mol. The summed E-state index contributed by atoms with van der Waals surface area (Å²) >= 11 is 0. The van der Waals surface area contributed by atoms with Crippen LogP contribution in [0.15, 0.2) is 48.9 Å². The Labute approximate surface area is 179 Å². The molecule has 1 fully saturated rings. The van der Waals surface area contributed by atoms with Gasteiger partial charge in [-0.3, -0.25) is 9.59 Å². The maximum absolute atomic E-state index is 13.0. The highest BCUT2D eigenvalue weighted by molar-refractivity contribution is 5.99. The molecule has 158 valence electrons. The number of nitrogens with zero attached hydrogens (tertiary/aromatic N) is 5. The quantitative estimate of drug-likeness (QED) is 0.554. The number of nitrogens with one attached hydrogen (secondary N) is 1. The number of benzene rings is 1. The Hall–Kier alpha value is -3.68. The van der Waals surface area contributed by atoms with E-state index in [0.29, 0.717) is 30.7 Å². The van der Waals surface area contributed by atoms with Gasteiger partial charge in [0.1, 0.15) is 5.56 Å². The summed E-state index contributed by atoms with van der Waals surface area (Å²) in [4.78, 5) is 36.5. The summed E-state index contributed by atoms with van der Waals surface area (Å²) in [5.41, 5.74) is 4.09. The van der Waals surface area contributed by atoms with E-state index in [1.54, 1.807) is 31.0 Å². The van der Waals surface area contributed by atoms with E-state index in [9.17, 15) is 9.59 Å². The predicted molar refractivity (Wildman–Crippen MR) is 117 cm³/mol. The number of fused-ring (bicyclic) bond motifs is 2. The van der Waals surface area contributed by atoms with Crippen LogP contribution < -0.4 is 0 Å². The third-order valence-electron chi connectivity index (χ3n) is 6.04. The first kappa shape index (κ1) is 19.3. The minimum absolute atomic E-state index is 0.124. The molecule has 1 saturated heterocycles. The van der Waals surface area contributed by atoms with E-state index in [-0.39, 0.29) is 17.7 Å². The number of para-hydroxylation sites is 1. The molecule has 2 amide bonds. The van der Waals surface area contributed by atoms with Crippen LogP contribution in [0.1, 0.15) is 34.0 Å². The van der Waals surface area contributed by atoms with Gasteiger partial charge in [0.05, 0.1) is 18.3 Å². The molecular formula is C23H24N6O2. The first-order chi connectivity index (χ1) is 15.0. The third-order valence-corrected chi connectivity index (χ3v) is 6.04. The molecule has 1 aliphatic heterocycles. The molecule has 0 aliphatic carbocycles. The molecule has 4 aromatic rings. The number of aromatic amines is 1. The van der Waals surface area contributed by atoms with Crippen LogP contribution in [-0.2, 0) is 11.2 Å². The number of carbonyl (C=O) groups excluding carboxylic acids is 2. The van der Waals surface area contributed by atoms with E-state index >= 15 is 0 Å². The number of rotatable bonds is 4. The van der Waals surface area contributed by atoms with Crippen molar-refractivity contribution in [3.05, 3.63) is 65.7 Å². The fourth-order valence-electron chi connectivity index (χ4n) is 4.39. The average Bonchev–Trinajstić information content (AvgIpc) is 3.51. The number of aromatic nitrogens is 4. The zero-order valence-corrected chi connectivity index (χ0v) is 17.6. The van der Waals surface area contributed by atoms with E-state index < -0.39 is 0 Å². The summed E-state index contributed by atoms with van der Waals surface area (Å²) in [6.45, 7) is 1.34. The predicted octanol–water partition coefficient (Wildman–Crippen LogP) is 2.47. The first-order valence-electron chi connectivity index (χ1n) is 10.4. The largest absolute Gasteiger partial charge is 0.361 e. The van der Waals surface area contributed by atoms with Crippen molar-refractivity contribution in [1.29, 1.82) is 0 Å². The summed E-state index contributed by atoms with van der Waals surface area (Å²) < 4.78 is 1.75. The van der Waals surface area contributed by atoms with Crippen LogP contribution >= 0.6 is 0 Å². The second-order valence-electron chi connectivity index (χ2n) is 8.22. The summed E-state index contributed by atoms with van der Waals surface area (Å²) in [7, 11) is 3.42. The molecule has 0 spiro atoms. The summed E-state index contributed by atoms with van der Waals surface area (Å²) in [5, 5.41) is 5.53. The van der Waals surface area contributed by atoms with Crippen molar-refractivity contribution in [3.63, 3.8) is 0 Å². The van der Waals surface area contributed by atoms with Crippen molar-refractivity contribution >= 4 is 28.4 Å². The molecule has 1 N–H and O–H groups in total. The van der Waals surface area contributed by atoms with E-state index in [1.165, 1.54) is 4.90 Å². The van der Waals surface area contributed by atoms with Gasteiger partial charge < -0.3 is 14.8 Å². The molecule has 0 bridgehead atoms. The molecule has 0 saturated carbocycles. The van der Waals surface area contributed by atoms with Gasteiger partial charge in [-0.1, -0.05) is 18.2 Å². The molecule has 1 aromatic carbocycles. The lowest BCUT2D eigenvalue weighted by atomic mass is 10.0. The van der Waals surface area contributed by atoms with Crippen molar-refractivity contribution in [2.75, 3.05) is 27.2 Å². The van der Waals surface area contributed by atoms with Crippen LogP contribution in [0.2, 0.25) is 0 Å². The molecule has 0 radical (unpaired) electrons. The van der Waals surface area contributed by atoms with Crippen molar-refractivity contribution in [1.82, 2.24) is 29.4 Å². The number of likely N-dealkylation sites (tertiary alicyclic amines) is 1. The summed E-state index contributed by atoms with van der Waals surface area (Å²) in [6, 6.07) is 9.96. The van der Waals surface area contributed by atoms with Gasteiger partial charge in [0.25, 0.3) is 5.91 Å². The molecular weight excluding hydrogens is 392 g/mol.